The normalized spacial score (nSPS) is 16.1. The average molecular weight is 553 g/mol. The Bertz CT molecular complexity index is 788. The zero-order valence-corrected chi connectivity index (χ0v) is 19.7. The first kappa shape index (κ1) is 24.0. The minimum Gasteiger partial charge on any atom is -0.467 e. The maximum Gasteiger partial charge on any atom is 0.328 e. The number of methoxy groups -OCH3 is 1. The number of benzene rings is 1. The number of carbonyl (C=O) groups excluding carboxylic acids is 3. The van der Waals surface area contributed by atoms with Gasteiger partial charge in [-0.3, -0.25) is 9.59 Å². The van der Waals surface area contributed by atoms with E-state index in [1.807, 2.05) is 0 Å². The Balaban J connectivity index is 2.05. The van der Waals surface area contributed by atoms with Crippen molar-refractivity contribution in [3.63, 3.8) is 0 Å². The lowest BCUT2D eigenvalue weighted by Gasteiger charge is -2.28. The molecule has 0 spiro atoms. The van der Waals surface area contributed by atoms with Crippen LogP contribution in [0.1, 0.15) is 24.8 Å². The molecule has 29 heavy (non-hydrogen) atoms. The van der Waals surface area contributed by atoms with E-state index in [0.717, 1.165) is 16.4 Å². The number of hydrogen-bond donors (Lipinski definition) is 0. The van der Waals surface area contributed by atoms with E-state index in [2.05, 4.69) is 22.6 Å². The quantitative estimate of drug-likeness (QED) is 0.223. The summed E-state index contributed by atoms with van der Waals surface area (Å²) in [4.78, 5) is 40.5. The average Bonchev–Trinajstić information content (AvgIpc) is 2.90. The van der Waals surface area contributed by atoms with Crippen molar-refractivity contribution in [2.24, 2.45) is 0 Å². The highest BCUT2D eigenvalue weighted by atomic mass is 127. The number of esters is 1. The van der Waals surface area contributed by atoms with Gasteiger partial charge in [-0.25, -0.2) is 4.79 Å². The second-order valence-electron chi connectivity index (χ2n) is 6.54. The van der Waals surface area contributed by atoms with Crippen LogP contribution in [0.5, 0.6) is 0 Å². The van der Waals surface area contributed by atoms with E-state index in [1.165, 1.54) is 13.2 Å². The van der Waals surface area contributed by atoms with Crippen molar-refractivity contribution >= 4 is 69.7 Å². The molecule has 0 bridgehead atoms. The molecular formula is C20H23Cl2IN2O4. The van der Waals surface area contributed by atoms with Crippen molar-refractivity contribution in [3.05, 3.63) is 39.9 Å². The van der Waals surface area contributed by atoms with Crippen LogP contribution in [0.15, 0.2) is 24.3 Å². The SMILES string of the molecule is COC(=O)C(CCCI)N1CCN(C(=O)C=Cc2ccc(Cl)c(Cl)c2)CCC1=O. The van der Waals surface area contributed by atoms with Gasteiger partial charge in [0.25, 0.3) is 0 Å². The summed E-state index contributed by atoms with van der Waals surface area (Å²) in [6, 6.07) is 4.50. The molecule has 1 aromatic carbocycles. The van der Waals surface area contributed by atoms with Crippen LogP contribution >= 0.6 is 45.8 Å². The summed E-state index contributed by atoms with van der Waals surface area (Å²) >= 11 is 14.1. The number of alkyl halides is 1. The summed E-state index contributed by atoms with van der Waals surface area (Å²) in [6.07, 6.45) is 4.63. The van der Waals surface area contributed by atoms with Crippen LogP contribution in [0.4, 0.5) is 0 Å². The van der Waals surface area contributed by atoms with Crippen LogP contribution in [0, 0.1) is 0 Å². The first-order valence-electron chi connectivity index (χ1n) is 9.22. The highest BCUT2D eigenvalue weighted by Crippen LogP contribution is 2.23. The predicted octanol–water partition coefficient (Wildman–Crippen LogP) is 3.82. The fraction of sp³-hybridized carbons (Fsp3) is 0.450. The zero-order valence-electron chi connectivity index (χ0n) is 16.1. The number of amides is 2. The van der Waals surface area contributed by atoms with E-state index in [0.29, 0.717) is 36.1 Å². The highest BCUT2D eigenvalue weighted by Gasteiger charge is 2.32. The second kappa shape index (κ2) is 11.8. The molecule has 1 aliphatic rings. The fourth-order valence-electron chi connectivity index (χ4n) is 3.09. The molecule has 0 N–H and O–H groups in total. The largest absolute Gasteiger partial charge is 0.467 e. The van der Waals surface area contributed by atoms with Gasteiger partial charge >= 0.3 is 5.97 Å². The number of carbonyl (C=O) groups is 3. The lowest BCUT2D eigenvalue weighted by atomic mass is 10.1. The summed E-state index contributed by atoms with van der Waals surface area (Å²) in [5, 5.41) is 0.863. The Morgan fingerprint density at radius 1 is 1.24 bits per heavy atom. The van der Waals surface area contributed by atoms with E-state index in [9.17, 15) is 14.4 Å². The fourth-order valence-corrected chi connectivity index (χ4v) is 3.83. The molecule has 9 heteroatoms. The number of hydrogen-bond acceptors (Lipinski definition) is 4. The summed E-state index contributed by atoms with van der Waals surface area (Å²) in [5.41, 5.74) is 0.754. The van der Waals surface area contributed by atoms with Gasteiger partial charge in [0.15, 0.2) is 0 Å². The van der Waals surface area contributed by atoms with Gasteiger partial charge in [-0.1, -0.05) is 51.9 Å². The van der Waals surface area contributed by atoms with E-state index in [1.54, 1.807) is 34.1 Å². The van der Waals surface area contributed by atoms with Crippen LogP contribution in [-0.4, -0.2) is 64.8 Å². The van der Waals surface area contributed by atoms with Crippen molar-refractivity contribution in [2.45, 2.75) is 25.3 Å². The minimum atomic E-state index is -0.607. The van der Waals surface area contributed by atoms with Crippen LogP contribution in [0.25, 0.3) is 6.08 Å². The smallest absolute Gasteiger partial charge is 0.328 e. The Kier molecular flexibility index (Phi) is 9.71. The monoisotopic (exact) mass is 552 g/mol. The molecule has 0 aliphatic carbocycles. The highest BCUT2D eigenvalue weighted by molar-refractivity contribution is 14.1. The third-order valence-electron chi connectivity index (χ3n) is 4.66. The third kappa shape index (κ3) is 6.86. The van der Waals surface area contributed by atoms with Crippen LogP contribution < -0.4 is 0 Å². The molecule has 158 valence electrons. The summed E-state index contributed by atoms with van der Waals surface area (Å²) < 4.78 is 5.77. The summed E-state index contributed by atoms with van der Waals surface area (Å²) in [7, 11) is 1.32. The molecule has 1 fully saturated rings. The van der Waals surface area contributed by atoms with Crippen molar-refractivity contribution in [3.8, 4) is 0 Å². The molecule has 0 aromatic heterocycles. The van der Waals surface area contributed by atoms with E-state index in [4.69, 9.17) is 27.9 Å². The molecule has 1 atom stereocenters. The zero-order chi connectivity index (χ0) is 21.4. The van der Waals surface area contributed by atoms with Gasteiger partial charge in [-0.15, -0.1) is 0 Å². The van der Waals surface area contributed by atoms with E-state index < -0.39 is 12.0 Å². The lowest BCUT2D eigenvalue weighted by Crippen LogP contribution is -2.46. The Labute approximate surface area is 194 Å². The molecule has 0 radical (unpaired) electrons. The third-order valence-corrected chi connectivity index (χ3v) is 6.16. The van der Waals surface area contributed by atoms with E-state index in [-0.39, 0.29) is 18.2 Å². The Hall–Kier alpha value is -1.32. The maximum absolute atomic E-state index is 12.6. The van der Waals surface area contributed by atoms with Crippen LogP contribution in [-0.2, 0) is 19.1 Å². The molecule has 1 saturated heterocycles. The van der Waals surface area contributed by atoms with Gasteiger partial charge in [0, 0.05) is 32.1 Å². The van der Waals surface area contributed by atoms with Gasteiger partial charge in [-0.05, 0) is 41.0 Å². The first-order chi connectivity index (χ1) is 13.9. The van der Waals surface area contributed by atoms with Gasteiger partial charge in [0.2, 0.25) is 11.8 Å². The predicted molar refractivity (Wildman–Crippen MR) is 122 cm³/mol. The summed E-state index contributed by atoms with van der Waals surface area (Å²) in [5.74, 6) is -0.757. The Morgan fingerprint density at radius 2 is 2.00 bits per heavy atom. The molecule has 1 heterocycles. The minimum absolute atomic E-state index is 0.141. The summed E-state index contributed by atoms with van der Waals surface area (Å²) in [6.45, 7) is 0.959. The molecule has 1 aliphatic heterocycles. The van der Waals surface area contributed by atoms with Gasteiger partial charge in [0.05, 0.1) is 17.2 Å². The molecular weight excluding hydrogens is 530 g/mol. The number of halogens is 3. The van der Waals surface area contributed by atoms with Crippen molar-refractivity contribution in [1.82, 2.24) is 9.80 Å². The standard InChI is InChI=1S/C20H23Cl2IN2O4/c1-29-20(28)17(3-2-9-23)25-12-11-24(10-8-19(25)27)18(26)7-5-14-4-6-15(21)16(22)13-14/h4-7,13,17H,2-3,8-12H2,1H3. The van der Waals surface area contributed by atoms with Crippen molar-refractivity contribution < 1.29 is 19.1 Å². The topological polar surface area (TPSA) is 66.9 Å². The van der Waals surface area contributed by atoms with Gasteiger partial charge in [-0.2, -0.15) is 0 Å². The molecule has 1 unspecified atom stereocenters. The molecule has 6 nitrogen and oxygen atoms in total. The van der Waals surface area contributed by atoms with E-state index >= 15 is 0 Å². The van der Waals surface area contributed by atoms with Gasteiger partial charge < -0.3 is 14.5 Å². The van der Waals surface area contributed by atoms with Crippen LogP contribution in [0.3, 0.4) is 0 Å². The molecule has 1 aromatic rings. The molecule has 0 saturated carbocycles. The lowest BCUT2D eigenvalue weighted by molar-refractivity contribution is -0.152. The first-order valence-corrected chi connectivity index (χ1v) is 11.5. The number of nitrogens with zero attached hydrogens (tertiary/aromatic N) is 2. The number of rotatable bonds is 7. The molecule has 2 rings (SSSR count). The van der Waals surface area contributed by atoms with Crippen molar-refractivity contribution in [1.29, 1.82) is 0 Å². The second-order valence-corrected chi connectivity index (χ2v) is 8.43. The Morgan fingerprint density at radius 3 is 2.66 bits per heavy atom. The van der Waals surface area contributed by atoms with Crippen LogP contribution in [0.2, 0.25) is 10.0 Å². The number of ether oxygens (including phenoxy) is 1. The van der Waals surface area contributed by atoms with Crippen molar-refractivity contribution in [2.75, 3.05) is 31.2 Å². The van der Waals surface area contributed by atoms with Gasteiger partial charge in [0.1, 0.15) is 6.04 Å². The maximum atomic E-state index is 12.6. The molecule has 2 amide bonds.